The number of benzene rings is 2. The zero-order valence-electron chi connectivity index (χ0n) is 15.4. The van der Waals surface area contributed by atoms with Gasteiger partial charge in [-0.2, -0.15) is 13.2 Å². The molecule has 0 saturated carbocycles. The molecule has 2 aromatic rings. The fourth-order valence-corrected chi connectivity index (χ4v) is 4.65. The number of halogens is 4. The first kappa shape index (κ1) is 22.0. The van der Waals surface area contributed by atoms with Crippen LogP contribution in [0, 0.1) is 5.82 Å². The van der Waals surface area contributed by atoms with Crippen molar-refractivity contribution in [3.63, 3.8) is 0 Å². The minimum absolute atomic E-state index is 0.223. The number of ether oxygens (including phenoxy) is 1. The predicted molar refractivity (Wildman–Crippen MR) is 97.0 cm³/mol. The SMILES string of the molecule is O=C(O)COc1cccc2c1CCCC2NS(=O)(=O)c1cc(F)cc(C(F)(F)F)c1. The number of nitrogens with one attached hydrogen (secondary N) is 1. The molecule has 3 rings (SSSR count). The van der Waals surface area contributed by atoms with E-state index in [1.165, 1.54) is 0 Å². The standard InChI is InChI=1S/C19H17F4NO5S/c20-12-7-11(19(21,22)23)8-13(9-12)30(27,28)24-16-5-1-4-15-14(16)3-2-6-17(15)29-10-18(25)26/h2-3,6-9,16,24H,1,4-5,10H2,(H,25,26). The van der Waals surface area contributed by atoms with Crippen molar-refractivity contribution < 1.29 is 40.6 Å². The molecule has 0 aromatic heterocycles. The smallest absolute Gasteiger partial charge is 0.416 e. The number of alkyl halides is 3. The number of sulfonamides is 1. The third-order valence-electron chi connectivity index (χ3n) is 4.62. The van der Waals surface area contributed by atoms with Gasteiger partial charge in [-0.05, 0) is 54.7 Å². The zero-order valence-corrected chi connectivity index (χ0v) is 16.2. The Balaban J connectivity index is 1.92. The number of rotatable bonds is 6. The van der Waals surface area contributed by atoms with E-state index in [2.05, 4.69) is 4.72 Å². The van der Waals surface area contributed by atoms with Crippen molar-refractivity contribution in [1.82, 2.24) is 4.72 Å². The molecule has 1 aliphatic carbocycles. The molecular formula is C19H17F4NO5S. The van der Waals surface area contributed by atoms with Crippen molar-refractivity contribution in [1.29, 1.82) is 0 Å². The summed E-state index contributed by atoms with van der Waals surface area (Å²) in [4.78, 5) is 9.91. The van der Waals surface area contributed by atoms with Crippen molar-refractivity contribution in [3.05, 3.63) is 58.9 Å². The highest BCUT2D eigenvalue weighted by Gasteiger charge is 2.34. The molecule has 11 heteroatoms. The first-order valence-electron chi connectivity index (χ1n) is 8.84. The van der Waals surface area contributed by atoms with Gasteiger partial charge in [0.1, 0.15) is 11.6 Å². The monoisotopic (exact) mass is 447 g/mol. The highest BCUT2D eigenvalue weighted by molar-refractivity contribution is 7.89. The lowest BCUT2D eigenvalue weighted by molar-refractivity contribution is -0.139. The van der Waals surface area contributed by atoms with E-state index >= 15 is 0 Å². The van der Waals surface area contributed by atoms with Crippen LogP contribution in [0.4, 0.5) is 17.6 Å². The highest BCUT2D eigenvalue weighted by atomic mass is 32.2. The lowest BCUT2D eigenvalue weighted by atomic mass is 9.87. The van der Waals surface area contributed by atoms with E-state index in [1.54, 1.807) is 18.2 Å². The van der Waals surface area contributed by atoms with Gasteiger partial charge in [-0.3, -0.25) is 0 Å². The average Bonchev–Trinajstić information content (AvgIpc) is 2.65. The Kier molecular flexibility index (Phi) is 6.04. The maximum absolute atomic E-state index is 13.7. The van der Waals surface area contributed by atoms with Crippen LogP contribution in [0.25, 0.3) is 0 Å². The van der Waals surface area contributed by atoms with Crippen LogP contribution < -0.4 is 9.46 Å². The van der Waals surface area contributed by atoms with Crippen LogP contribution in [0.3, 0.4) is 0 Å². The van der Waals surface area contributed by atoms with Gasteiger partial charge in [-0.25, -0.2) is 22.3 Å². The molecule has 162 valence electrons. The first-order valence-corrected chi connectivity index (χ1v) is 10.3. The van der Waals surface area contributed by atoms with Crippen LogP contribution in [-0.4, -0.2) is 26.1 Å². The van der Waals surface area contributed by atoms with E-state index in [0.717, 1.165) is 0 Å². The summed E-state index contributed by atoms with van der Waals surface area (Å²) in [5, 5.41) is 8.78. The maximum atomic E-state index is 13.7. The van der Waals surface area contributed by atoms with Crippen molar-refractivity contribution >= 4 is 16.0 Å². The molecule has 1 aliphatic rings. The van der Waals surface area contributed by atoms with Crippen LogP contribution in [0.2, 0.25) is 0 Å². The number of carboxylic acids is 1. The summed E-state index contributed by atoms with van der Waals surface area (Å²) in [6, 6.07) is 5.08. The van der Waals surface area contributed by atoms with Gasteiger partial charge in [0.15, 0.2) is 6.61 Å². The molecule has 0 aliphatic heterocycles. The molecular weight excluding hydrogens is 430 g/mol. The number of aliphatic carboxylic acids is 1. The number of fused-ring (bicyclic) bond motifs is 1. The van der Waals surface area contributed by atoms with E-state index < -0.39 is 51.1 Å². The normalized spacial score (nSPS) is 16.7. The molecule has 2 N–H and O–H groups in total. The maximum Gasteiger partial charge on any atom is 0.416 e. The molecule has 0 spiro atoms. The van der Waals surface area contributed by atoms with Crippen LogP contribution in [-0.2, 0) is 27.4 Å². The number of carboxylic acid groups (broad SMARTS) is 1. The Morgan fingerprint density at radius 3 is 2.63 bits per heavy atom. The quantitative estimate of drug-likeness (QED) is 0.660. The molecule has 1 atom stereocenters. The molecule has 0 amide bonds. The Hall–Kier alpha value is -2.66. The molecule has 6 nitrogen and oxygen atoms in total. The summed E-state index contributed by atoms with van der Waals surface area (Å²) in [6.45, 7) is -0.573. The van der Waals surface area contributed by atoms with Gasteiger partial charge in [-0.1, -0.05) is 12.1 Å². The summed E-state index contributed by atoms with van der Waals surface area (Å²) >= 11 is 0. The van der Waals surface area contributed by atoms with Crippen LogP contribution in [0.15, 0.2) is 41.3 Å². The van der Waals surface area contributed by atoms with Gasteiger partial charge < -0.3 is 9.84 Å². The molecule has 0 fully saturated rings. The first-order chi connectivity index (χ1) is 14.0. The molecule has 0 heterocycles. The summed E-state index contributed by atoms with van der Waals surface area (Å²) in [5.41, 5.74) is -0.260. The fraction of sp³-hybridized carbons (Fsp3) is 0.316. The number of hydrogen-bond acceptors (Lipinski definition) is 4. The average molecular weight is 447 g/mol. The summed E-state index contributed by atoms with van der Waals surface area (Å²) < 4.78 is 85.4. The Morgan fingerprint density at radius 2 is 1.97 bits per heavy atom. The minimum atomic E-state index is -4.90. The van der Waals surface area contributed by atoms with E-state index in [0.29, 0.717) is 48.3 Å². The topological polar surface area (TPSA) is 92.7 Å². The van der Waals surface area contributed by atoms with Gasteiger partial charge in [0.2, 0.25) is 10.0 Å². The van der Waals surface area contributed by atoms with Crippen LogP contribution in [0.1, 0.15) is 35.6 Å². The van der Waals surface area contributed by atoms with E-state index in [1.807, 2.05) is 0 Å². The second-order valence-corrected chi connectivity index (χ2v) is 8.46. The molecule has 0 saturated heterocycles. The zero-order chi connectivity index (χ0) is 22.1. The molecule has 1 unspecified atom stereocenters. The Bertz CT molecular complexity index is 1070. The van der Waals surface area contributed by atoms with Crippen molar-refractivity contribution in [2.45, 2.75) is 36.4 Å². The van der Waals surface area contributed by atoms with E-state index in [4.69, 9.17) is 9.84 Å². The van der Waals surface area contributed by atoms with Crippen LogP contribution >= 0.6 is 0 Å². The van der Waals surface area contributed by atoms with Gasteiger partial charge in [0.05, 0.1) is 10.5 Å². The second-order valence-electron chi connectivity index (χ2n) is 6.75. The molecule has 0 bridgehead atoms. The van der Waals surface area contributed by atoms with Crippen molar-refractivity contribution in [3.8, 4) is 5.75 Å². The Labute approximate surface area is 169 Å². The third kappa shape index (κ3) is 4.90. The number of carbonyl (C=O) groups is 1. The highest BCUT2D eigenvalue weighted by Crippen LogP contribution is 2.37. The van der Waals surface area contributed by atoms with E-state index in [-0.39, 0.29) is 6.07 Å². The molecule has 2 aromatic carbocycles. The van der Waals surface area contributed by atoms with E-state index in [9.17, 15) is 30.8 Å². The summed E-state index contributed by atoms with van der Waals surface area (Å²) in [6.07, 6.45) is -3.50. The van der Waals surface area contributed by atoms with Gasteiger partial charge in [-0.15, -0.1) is 0 Å². The lowest BCUT2D eigenvalue weighted by Crippen LogP contribution is -2.31. The Morgan fingerprint density at radius 1 is 1.23 bits per heavy atom. The third-order valence-corrected chi connectivity index (χ3v) is 6.07. The van der Waals surface area contributed by atoms with Crippen molar-refractivity contribution in [2.75, 3.05) is 6.61 Å². The van der Waals surface area contributed by atoms with Gasteiger partial charge in [0.25, 0.3) is 0 Å². The summed E-state index contributed by atoms with van der Waals surface area (Å²) in [7, 11) is -4.47. The fourth-order valence-electron chi connectivity index (χ4n) is 3.35. The van der Waals surface area contributed by atoms with Gasteiger partial charge >= 0.3 is 12.1 Å². The van der Waals surface area contributed by atoms with Crippen molar-refractivity contribution in [2.24, 2.45) is 0 Å². The largest absolute Gasteiger partial charge is 0.482 e. The molecule has 30 heavy (non-hydrogen) atoms. The second kappa shape index (κ2) is 8.23. The summed E-state index contributed by atoms with van der Waals surface area (Å²) in [5.74, 6) is -2.20. The lowest BCUT2D eigenvalue weighted by Gasteiger charge is -2.27. The minimum Gasteiger partial charge on any atom is -0.482 e. The predicted octanol–water partition coefficient (Wildman–Crippen LogP) is 3.66. The van der Waals surface area contributed by atoms with Gasteiger partial charge in [0, 0.05) is 6.04 Å². The molecule has 0 radical (unpaired) electrons. The number of hydrogen-bond donors (Lipinski definition) is 2. The van der Waals surface area contributed by atoms with Crippen LogP contribution in [0.5, 0.6) is 5.75 Å².